The number of ether oxygens (including phenoxy) is 1. The first kappa shape index (κ1) is 23.0. The molecule has 0 unspecified atom stereocenters. The van der Waals surface area contributed by atoms with Crippen molar-refractivity contribution in [2.75, 3.05) is 31.6 Å². The molecule has 3 aromatic carbocycles. The Morgan fingerprint density at radius 2 is 1.64 bits per heavy atom. The number of anilines is 1. The summed E-state index contributed by atoms with van der Waals surface area (Å²) >= 11 is 12.7. The normalized spacial score (nSPS) is 16.2. The Bertz CT molecular complexity index is 1230. The third kappa shape index (κ3) is 5.07. The molecular formula is C26H22Cl2N4O. The van der Waals surface area contributed by atoms with E-state index in [4.69, 9.17) is 27.9 Å². The molecule has 5 nitrogen and oxygen atoms in total. The fourth-order valence-electron chi connectivity index (χ4n) is 4.24. The van der Waals surface area contributed by atoms with Gasteiger partial charge in [-0.1, -0.05) is 41.4 Å². The highest BCUT2D eigenvalue weighted by Crippen LogP contribution is 2.36. The van der Waals surface area contributed by atoms with Crippen molar-refractivity contribution in [3.63, 3.8) is 0 Å². The van der Waals surface area contributed by atoms with Crippen molar-refractivity contribution < 1.29 is 4.74 Å². The van der Waals surface area contributed by atoms with Crippen molar-refractivity contribution in [1.82, 2.24) is 4.90 Å². The molecule has 166 valence electrons. The molecule has 0 N–H and O–H groups in total. The van der Waals surface area contributed by atoms with Gasteiger partial charge in [-0.15, -0.1) is 0 Å². The monoisotopic (exact) mass is 476 g/mol. The molecule has 33 heavy (non-hydrogen) atoms. The van der Waals surface area contributed by atoms with Crippen LogP contribution in [-0.4, -0.2) is 31.6 Å². The second-order valence-corrected chi connectivity index (χ2v) is 8.76. The van der Waals surface area contributed by atoms with Crippen molar-refractivity contribution >= 4 is 28.9 Å². The van der Waals surface area contributed by atoms with Gasteiger partial charge in [0.05, 0.1) is 47.1 Å². The summed E-state index contributed by atoms with van der Waals surface area (Å²) in [7, 11) is 1.63. The van der Waals surface area contributed by atoms with Crippen LogP contribution in [0.15, 0.2) is 60.7 Å². The van der Waals surface area contributed by atoms with Gasteiger partial charge in [-0.3, -0.25) is 4.90 Å². The van der Waals surface area contributed by atoms with Gasteiger partial charge in [-0.05, 0) is 48.0 Å². The molecular weight excluding hydrogens is 455 g/mol. The standard InChI is InChI=1S/C26H22Cl2N4O/c1-33-26-13-19(15-30)2-4-21(26)16-31-10-11-32(24-9-3-18(14-29)12-23(24)28)25(17-31)20-5-7-22(27)8-6-20/h2-9,12-13,25H,10-11,16-17H2,1H3/t25-/m0/s1. The van der Waals surface area contributed by atoms with Gasteiger partial charge in [0.25, 0.3) is 0 Å². The predicted molar refractivity (Wildman–Crippen MR) is 131 cm³/mol. The SMILES string of the molecule is COc1cc(C#N)ccc1CN1CCN(c2ccc(C#N)cc2Cl)[C@H](c2ccc(Cl)cc2)C1. The van der Waals surface area contributed by atoms with Crippen LogP contribution in [0.1, 0.15) is 28.3 Å². The number of hydrogen-bond donors (Lipinski definition) is 0. The van der Waals surface area contributed by atoms with Gasteiger partial charge in [-0.25, -0.2) is 0 Å². The summed E-state index contributed by atoms with van der Waals surface area (Å²) < 4.78 is 5.54. The first-order valence-electron chi connectivity index (χ1n) is 10.5. The zero-order valence-corrected chi connectivity index (χ0v) is 19.6. The maximum atomic E-state index is 9.20. The summed E-state index contributed by atoms with van der Waals surface area (Å²) in [6, 6.07) is 23.2. The summed E-state index contributed by atoms with van der Waals surface area (Å²) in [5, 5.41) is 19.6. The molecule has 1 atom stereocenters. The molecule has 1 aliphatic heterocycles. The van der Waals surface area contributed by atoms with E-state index >= 15 is 0 Å². The fraction of sp³-hybridized carbons (Fsp3) is 0.231. The molecule has 1 heterocycles. The predicted octanol–water partition coefficient (Wildman–Crippen LogP) is 5.81. The Balaban J connectivity index is 1.64. The van der Waals surface area contributed by atoms with Crippen molar-refractivity contribution in [2.45, 2.75) is 12.6 Å². The molecule has 3 aromatic rings. The van der Waals surface area contributed by atoms with E-state index in [0.717, 1.165) is 42.2 Å². The number of nitrogens with zero attached hydrogens (tertiary/aromatic N) is 4. The Morgan fingerprint density at radius 3 is 2.30 bits per heavy atom. The highest BCUT2D eigenvalue weighted by Gasteiger charge is 2.30. The number of rotatable bonds is 5. The first-order chi connectivity index (χ1) is 16.0. The van der Waals surface area contributed by atoms with Crippen molar-refractivity contribution in [3.05, 3.63) is 93.0 Å². The molecule has 0 radical (unpaired) electrons. The van der Waals surface area contributed by atoms with E-state index in [0.29, 0.717) is 27.7 Å². The van der Waals surface area contributed by atoms with Gasteiger partial charge in [0.15, 0.2) is 0 Å². The zero-order valence-electron chi connectivity index (χ0n) is 18.1. The highest BCUT2D eigenvalue weighted by molar-refractivity contribution is 6.33. The van der Waals surface area contributed by atoms with Gasteiger partial charge < -0.3 is 9.64 Å². The smallest absolute Gasteiger partial charge is 0.124 e. The molecule has 0 amide bonds. The minimum Gasteiger partial charge on any atom is -0.496 e. The average Bonchev–Trinajstić information content (AvgIpc) is 2.85. The molecule has 0 aromatic heterocycles. The lowest BCUT2D eigenvalue weighted by Gasteiger charge is -2.43. The minimum absolute atomic E-state index is 0.0471. The van der Waals surface area contributed by atoms with E-state index in [9.17, 15) is 10.5 Å². The van der Waals surface area contributed by atoms with Crippen molar-refractivity contribution in [2.24, 2.45) is 0 Å². The van der Waals surface area contributed by atoms with Crippen LogP contribution < -0.4 is 9.64 Å². The van der Waals surface area contributed by atoms with Crippen LogP contribution in [0, 0.1) is 22.7 Å². The number of nitriles is 2. The van der Waals surface area contributed by atoms with E-state index in [1.54, 1.807) is 25.3 Å². The lowest BCUT2D eigenvalue weighted by molar-refractivity contribution is 0.213. The van der Waals surface area contributed by atoms with E-state index < -0.39 is 0 Å². The van der Waals surface area contributed by atoms with E-state index in [1.807, 2.05) is 42.5 Å². The summed E-state index contributed by atoms with van der Waals surface area (Å²) in [6.07, 6.45) is 0. The lowest BCUT2D eigenvalue weighted by Crippen LogP contribution is -2.48. The van der Waals surface area contributed by atoms with Crippen LogP contribution in [0.5, 0.6) is 5.75 Å². The van der Waals surface area contributed by atoms with Gasteiger partial charge in [0, 0.05) is 36.8 Å². The van der Waals surface area contributed by atoms with Crippen LogP contribution in [0.4, 0.5) is 5.69 Å². The summed E-state index contributed by atoms with van der Waals surface area (Å²) in [4.78, 5) is 4.66. The third-order valence-electron chi connectivity index (χ3n) is 5.92. The van der Waals surface area contributed by atoms with Gasteiger partial charge >= 0.3 is 0 Å². The molecule has 1 aliphatic rings. The maximum absolute atomic E-state index is 9.20. The summed E-state index contributed by atoms with van der Waals surface area (Å²) in [5.41, 5.74) is 4.20. The minimum atomic E-state index is 0.0471. The second kappa shape index (κ2) is 10.1. The molecule has 0 spiro atoms. The number of benzene rings is 3. The van der Waals surface area contributed by atoms with Crippen LogP contribution >= 0.6 is 23.2 Å². The van der Waals surface area contributed by atoms with Crippen LogP contribution in [0.25, 0.3) is 0 Å². The quantitative estimate of drug-likeness (QED) is 0.464. The largest absolute Gasteiger partial charge is 0.496 e. The van der Waals surface area contributed by atoms with Crippen LogP contribution in [-0.2, 0) is 6.54 Å². The molecule has 0 bridgehead atoms. The van der Waals surface area contributed by atoms with Crippen LogP contribution in [0.3, 0.4) is 0 Å². The average molecular weight is 477 g/mol. The molecule has 1 saturated heterocycles. The topological polar surface area (TPSA) is 63.3 Å². The number of halogens is 2. The second-order valence-electron chi connectivity index (χ2n) is 7.91. The third-order valence-corrected chi connectivity index (χ3v) is 6.47. The summed E-state index contributed by atoms with van der Waals surface area (Å²) in [5.74, 6) is 0.717. The molecule has 0 saturated carbocycles. The van der Waals surface area contributed by atoms with Gasteiger partial charge in [0.2, 0.25) is 0 Å². The van der Waals surface area contributed by atoms with Crippen molar-refractivity contribution in [1.29, 1.82) is 10.5 Å². The number of methoxy groups -OCH3 is 1. The lowest BCUT2D eigenvalue weighted by atomic mass is 10.00. The van der Waals surface area contributed by atoms with Crippen LogP contribution in [0.2, 0.25) is 10.0 Å². The Hall–Kier alpha value is -3.22. The van der Waals surface area contributed by atoms with Crippen molar-refractivity contribution in [3.8, 4) is 17.9 Å². The summed E-state index contributed by atoms with van der Waals surface area (Å²) in [6.45, 7) is 3.05. The Morgan fingerprint density at radius 1 is 0.939 bits per heavy atom. The Labute approximate surface area is 203 Å². The number of hydrogen-bond acceptors (Lipinski definition) is 5. The first-order valence-corrected chi connectivity index (χ1v) is 11.3. The molecule has 4 rings (SSSR count). The number of piperazine rings is 1. The van der Waals surface area contributed by atoms with Gasteiger partial charge in [-0.2, -0.15) is 10.5 Å². The fourth-order valence-corrected chi connectivity index (χ4v) is 4.65. The zero-order chi connectivity index (χ0) is 23.4. The van der Waals surface area contributed by atoms with E-state index in [2.05, 4.69) is 21.9 Å². The molecule has 0 aliphatic carbocycles. The Kier molecular flexibility index (Phi) is 7.06. The highest BCUT2D eigenvalue weighted by atomic mass is 35.5. The van der Waals surface area contributed by atoms with E-state index in [-0.39, 0.29) is 6.04 Å². The maximum Gasteiger partial charge on any atom is 0.124 e. The van der Waals surface area contributed by atoms with E-state index in [1.165, 1.54) is 0 Å². The molecule has 7 heteroatoms. The molecule has 1 fully saturated rings. The van der Waals surface area contributed by atoms with Gasteiger partial charge in [0.1, 0.15) is 5.75 Å².